The Balaban J connectivity index is 1.43. The van der Waals surface area contributed by atoms with Crippen LogP contribution in [0.2, 0.25) is 0 Å². The molecule has 3 N–H and O–H groups in total. The van der Waals surface area contributed by atoms with Crippen molar-refractivity contribution in [3.05, 3.63) is 129 Å². The van der Waals surface area contributed by atoms with E-state index in [-0.39, 0.29) is 22.8 Å². The number of benzene rings is 4. The van der Waals surface area contributed by atoms with Gasteiger partial charge in [-0.1, -0.05) is 58.4 Å². The lowest BCUT2D eigenvalue weighted by Gasteiger charge is -2.15. The molecule has 6 nitrogen and oxygen atoms in total. The second-order valence-electron chi connectivity index (χ2n) is 9.41. The number of halogens is 1. The molecule has 0 radical (unpaired) electrons. The molecule has 8 heteroatoms. The van der Waals surface area contributed by atoms with E-state index in [1.54, 1.807) is 42.5 Å². The molecule has 0 bridgehead atoms. The highest BCUT2D eigenvalue weighted by molar-refractivity contribution is 9.10. The second-order valence-corrected chi connectivity index (χ2v) is 11.7. The van der Waals surface area contributed by atoms with E-state index in [4.69, 9.17) is 0 Å². The van der Waals surface area contributed by atoms with Crippen LogP contribution in [0.15, 0.2) is 112 Å². The predicted octanol–water partition coefficient (Wildman–Crippen LogP) is 7.59. The fraction of sp³-hybridized carbons (Fsp3) is 0.121. The fourth-order valence-electron chi connectivity index (χ4n) is 3.86. The summed E-state index contributed by atoms with van der Waals surface area (Å²) in [6.45, 7) is 5.86. The van der Waals surface area contributed by atoms with Crippen molar-refractivity contribution >= 4 is 62.9 Å². The number of hydrogen-bond donors (Lipinski definition) is 3. The number of hydrogen-bond acceptors (Lipinski definition) is 4. The third-order valence-corrected chi connectivity index (χ3v) is 8.01. The molecule has 41 heavy (non-hydrogen) atoms. The highest BCUT2D eigenvalue weighted by Crippen LogP contribution is 2.27. The van der Waals surface area contributed by atoms with Crippen LogP contribution < -0.4 is 16.0 Å². The molecule has 4 aromatic rings. The van der Waals surface area contributed by atoms with E-state index in [0.717, 1.165) is 31.7 Å². The number of anilines is 2. The molecular weight excluding hydrogens is 598 g/mol. The summed E-state index contributed by atoms with van der Waals surface area (Å²) in [6.07, 6.45) is 1.63. The minimum absolute atomic E-state index is 0.0852. The maximum Gasteiger partial charge on any atom is 0.272 e. The van der Waals surface area contributed by atoms with Crippen molar-refractivity contribution in [3.8, 4) is 0 Å². The van der Waals surface area contributed by atoms with Gasteiger partial charge in [0.2, 0.25) is 5.91 Å². The minimum atomic E-state index is -0.459. The Hall–Kier alpha value is -4.14. The number of nitrogens with one attached hydrogen (secondary N) is 3. The van der Waals surface area contributed by atoms with E-state index in [1.807, 2.05) is 81.4 Å². The summed E-state index contributed by atoms with van der Waals surface area (Å²) in [6, 6.07) is 29.2. The Morgan fingerprint density at radius 2 is 1.49 bits per heavy atom. The summed E-state index contributed by atoms with van der Waals surface area (Å²) in [5.74, 6) is -0.930. The van der Waals surface area contributed by atoms with Gasteiger partial charge in [-0.05, 0) is 98.1 Å². The fourth-order valence-corrected chi connectivity index (χ4v) is 4.99. The number of carbonyl (C=O) groups excluding carboxylic acids is 3. The molecule has 0 aliphatic carbocycles. The van der Waals surface area contributed by atoms with E-state index in [0.29, 0.717) is 11.3 Å². The minimum Gasteiger partial charge on any atom is -0.325 e. The van der Waals surface area contributed by atoms with Gasteiger partial charge in [0.15, 0.2) is 0 Å². The highest BCUT2D eigenvalue weighted by Gasteiger charge is 2.17. The molecule has 3 amide bonds. The maximum atomic E-state index is 13.3. The Morgan fingerprint density at radius 3 is 2.17 bits per heavy atom. The molecular formula is C33H30BrN3O3S. The molecule has 0 heterocycles. The molecule has 1 atom stereocenters. The average molecular weight is 629 g/mol. The van der Waals surface area contributed by atoms with Crippen LogP contribution in [-0.2, 0) is 9.59 Å². The molecule has 4 aromatic carbocycles. The van der Waals surface area contributed by atoms with Gasteiger partial charge in [0.25, 0.3) is 11.8 Å². The summed E-state index contributed by atoms with van der Waals surface area (Å²) in [4.78, 5) is 39.8. The molecule has 0 aliphatic rings. The van der Waals surface area contributed by atoms with E-state index in [1.165, 1.54) is 11.8 Å². The molecule has 0 saturated carbocycles. The molecule has 0 fully saturated rings. The summed E-state index contributed by atoms with van der Waals surface area (Å²) in [5.41, 5.74) is 4.85. The van der Waals surface area contributed by atoms with Crippen LogP contribution in [-0.4, -0.2) is 23.0 Å². The van der Waals surface area contributed by atoms with E-state index in [9.17, 15) is 14.4 Å². The van der Waals surface area contributed by atoms with Crippen LogP contribution in [0.25, 0.3) is 6.08 Å². The van der Waals surface area contributed by atoms with E-state index in [2.05, 4.69) is 31.9 Å². The Morgan fingerprint density at radius 1 is 0.805 bits per heavy atom. The van der Waals surface area contributed by atoms with Crippen molar-refractivity contribution in [2.24, 2.45) is 0 Å². The summed E-state index contributed by atoms with van der Waals surface area (Å²) < 4.78 is 0.906. The lowest BCUT2D eigenvalue weighted by atomic mass is 10.1. The van der Waals surface area contributed by atoms with Gasteiger partial charge < -0.3 is 16.0 Å². The second kappa shape index (κ2) is 14.0. The largest absolute Gasteiger partial charge is 0.325 e. The lowest BCUT2D eigenvalue weighted by Crippen LogP contribution is -2.30. The molecule has 0 aliphatic heterocycles. The Labute approximate surface area is 252 Å². The SMILES string of the molecule is Cc1cccc(NC(=O)C(C)Sc2ccc(NC(=O)/C(=C/c3ccc(Br)cc3)NC(=O)c3ccccc3)cc2)c1C. The van der Waals surface area contributed by atoms with Crippen LogP contribution in [0, 0.1) is 13.8 Å². The monoisotopic (exact) mass is 627 g/mol. The molecule has 0 aromatic heterocycles. The van der Waals surface area contributed by atoms with Crippen molar-refractivity contribution in [1.82, 2.24) is 5.32 Å². The lowest BCUT2D eigenvalue weighted by molar-refractivity contribution is -0.115. The molecule has 4 rings (SSSR count). The Bertz CT molecular complexity index is 1570. The molecule has 208 valence electrons. The summed E-state index contributed by atoms with van der Waals surface area (Å²) >= 11 is 4.84. The third-order valence-electron chi connectivity index (χ3n) is 6.37. The van der Waals surface area contributed by atoms with Crippen molar-refractivity contribution in [2.45, 2.75) is 30.9 Å². The first-order valence-corrected chi connectivity index (χ1v) is 14.7. The zero-order chi connectivity index (χ0) is 29.4. The first-order valence-electron chi connectivity index (χ1n) is 13.0. The zero-order valence-electron chi connectivity index (χ0n) is 22.9. The van der Waals surface area contributed by atoms with Gasteiger partial charge in [-0.3, -0.25) is 14.4 Å². The van der Waals surface area contributed by atoms with Crippen LogP contribution in [0.1, 0.15) is 34.0 Å². The van der Waals surface area contributed by atoms with Crippen LogP contribution in [0.4, 0.5) is 11.4 Å². The smallest absolute Gasteiger partial charge is 0.272 e. The van der Waals surface area contributed by atoms with Gasteiger partial charge in [0, 0.05) is 26.3 Å². The average Bonchev–Trinajstić information content (AvgIpc) is 2.97. The summed E-state index contributed by atoms with van der Waals surface area (Å²) in [5, 5.41) is 8.28. The van der Waals surface area contributed by atoms with E-state index >= 15 is 0 Å². The van der Waals surface area contributed by atoms with Crippen LogP contribution >= 0.6 is 27.7 Å². The zero-order valence-corrected chi connectivity index (χ0v) is 25.3. The van der Waals surface area contributed by atoms with Crippen LogP contribution in [0.3, 0.4) is 0 Å². The van der Waals surface area contributed by atoms with Crippen molar-refractivity contribution in [1.29, 1.82) is 0 Å². The van der Waals surface area contributed by atoms with Gasteiger partial charge in [0.05, 0.1) is 5.25 Å². The molecule has 1 unspecified atom stereocenters. The van der Waals surface area contributed by atoms with Crippen LogP contribution in [0.5, 0.6) is 0 Å². The maximum absolute atomic E-state index is 13.3. The normalized spacial score (nSPS) is 11.9. The van der Waals surface area contributed by atoms with Gasteiger partial charge in [-0.25, -0.2) is 0 Å². The van der Waals surface area contributed by atoms with E-state index < -0.39 is 5.91 Å². The van der Waals surface area contributed by atoms with Crippen molar-refractivity contribution in [2.75, 3.05) is 10.6 Å². The highest BCUT2D eigenvalue weighted by atomic mass is 79.9. The van der Waals surface area contributed by atoms with Crippen molar-refractivity contribution in [3.63, 3.8) is 0 Å². The first kappa shape index (κ1) is 29.8. The number of rotatable bonds is 9. The molecule has 0 saturated heterocycles. The van der Waals surface area contributed by atoms with Gasteiger partial charge in [-0.2, -0.15) is 0 Å². The first-order chi connectivity index (χ1) is 19.7. The standard InChI is InChI=1S/C33H30BrN3O3S/c1-21-8-7-11-29(22(21)2)36-31(38)23(3)41-28-18-16-27(17-19-28)35-33(40)30(20-24-12-14-26(34)15-13-24)37-32(39)25-9-5-4-6-10-25/h4-20,23H,1-3H3,(H,35,40)(H,36,38)(H,37,39)/b30-20-. The van der Waals surface area contributed by atoms with Crippen molar-refractivity contribution < 1.29 is 14.4 Å². The quantitative estimate of drug-likeness (QED) is 0.132. The number of carbonyl (C=O) groups is 3. The summed E-state index contributed by atoms with van der Waals surface area (Å²) in [7, 11) is 0. The Kier molecular flexibility index (Phi) is 10.2. The number of aryl methyl sites for hydroxylation is 1. The number of amides is 3. The number of thioether (sulfide) groups is 1. The van der Waals surface area contributed by atoms with Gasteiger partial charge in [0.1, 0.15) is 5.70 Å². The third kappa shape index (κ3) is 8.42. The molecule has 0 spiro atoms. The van der Waals surface area contributed by atoms with Gasteiger partial charge >= 0.3 is 0 Å². The topological polar surface area (TPSA) is 87.3 Å². The predicted molar refractivity (Wildman–Crippen MR) is 171 cm³/mol. The van der Waals surface area contributed by atoms with Gasteiger partial charge in [-0.15, -0.1) is 11.8 Å².